The molecular weight excluding hydrogens is 817 g/mol. The van der Waals surface area contributed by atoms with E-state index in [1.807, 2.05) is 152 Å². The molecule has 0 bridgehead atoms. The van der Waals surface area contributed by atoms with Crippen molar-refractivity contribution in [3.8, 4) is 0 Å². The van der Waals surface area contributed by atoms with Gasteiger partial charge in [0.25, 0.3) is 0 Å². The molecule has 0 saturated carbocycles. The van der Waals surface area contributed by atoms with Crippen molar-refractivity contribution in [3.63, 3.8) is 0 Å². The molecule has 360 valence electrons. The Balaban J connectivity index is 4.69. The maximum Gasteiger partial charge on any atom is 0.306 e. The van der Waals surface area contributed by atoms with Gasteiger partial charge in [0, 0.05) is 19.3 Å². The number of esters is 3. The monoisotopic (exact) mass is 901 g/mol. The number of rotatable bonds is 40. The molecule has 0 rings (SSSR count). The van der Waals surface area contributed by atoms with Gasteiger partial charge in [-0.15, -0.1) is 0 Å². The molecule has 0 aliphatic heterocycles. The third-order valence-corrected chi connectivity index (χ3v) is 9.21. The molecule has 0 aliphatic rings. The van der Waals surface area contributed by atoms with Gasteiger partial charge < -0.3 is 14.2 Å². The third kappa shape index (κ3) is 49.3. The van der Waals surface area contributed by atoms with Crippen LogP contribution >= 0.6 is 0 Å². The Hall–Kier alpha value is -5.75. The zero-order valence-corrected chi connectivity index (χ0v) is 40.9. The number of ether oxygens (including phenoxy) is 3. The van der Waals surface area contributed by atoms with Crippen LogP contribution in [0.5, 0.6) is 0 Å². The summed E-state index contributed by atoms with van der Waals surface area (Å²) >= 11 is 0. The Labute approximate surface area is 401 Å². The van der Waals surface area contributed by atoms with Crippen LogP contribution in [0.3, 0.4) is 0 Å². The van der Waals surface area contributed by atoms with Gasteiger partial charge in [-0.05, 0) is 70.6 Å². The smallest absolute Gasteiger partial charge is 0.306 e. The summed E-state index contributed by atoms with van der Waals surface area (Å²) in [7, 11) is 0. The molecule has 6 nitrogen and oxygen atoms in total. The fraction of sp³-hybridized carbons (Fsp3) is 0.417. The van der Waals surface area contributed by atoms with Crippen molar-refractivity contribution in [1.29, 1.82) is 0 Å². The minimum absolute atomic E-state index is 0.145. The van der Waals surface area contributed by atoms with E-state index < -0.39 is 12.1 Å². The van der Waals surface area contributed by atoms with Crippen molar-refractivity contribution in [2.45, 2.75) is 149 Å². The van der Waals surface area contributed by atoms with Crippen molar-refractivity contribution in [3.05, 3.63) is 194 Å². The van der Waals surface area contributed by atoms with Crippen molar-refractivity contribution in [1.82, 2.24) is 0 Å². The first-order valence-electron chi connectivity index (χ1n) is 24.7. The fourth-order valence-corrected chi connectivity index (χ4v) is 5.59. The lowest BCUT2D eigenvalue weighted by Crippen LogP contribution is -2.30. The van der Waals surface area contributed by atoms with Crippen molar-refractivity contribution >= 4 is 17.9 Å². The van der Waals surface area contributed by atoms with Gasteiger partial charge >= 0.3 is 17.9 Å². The third-order valence-electron chi connectivity index (χ3n) is 9.21. The normalized spacial score (nSPS) is 13.8. The molecule has 0 spiro atoms. The van der Waals surface area contributed by atoms with E-state index in [0.29, 0.717) is 19.3 Å². The van der Waals surface area contributed by atoms with Crippen LogP contribution in [0.4, 0.5) is 0 Å². The number of unbranched alkanes of at least 4 members (excludes halogenated alkanes) is 10. The summed E-state index contributed by atoms with van der Waals surface area (Å²) in [6.45, 7) is 6.08. The van der Waals surface area contributed by atoms with Gasteiger partial charge in [0.15, 0.2) is 6.10 Å². The summed E-state index contributed by atoms with van der Waals surface area (Å²) in [5.41, 5.74) is 0. The molecule has 0 fully saturated rings. The van der Waals surface area contributed by atoms with E-state index >= 15 is 0 Å². The lowest BCUT2D eigenvalue weighted by atomic mass is 10.1. The van der Waals surface area contributed by atoms with Crippen LogP contribution in [0.15, 0.2) is 194 Å². The van der Waals surface area contributed by atoms with Crippen molar-refractivity contribution in [2.24, 2.45) is 0 Å². The molecule has 66 heavy (non-hydrogen) atoms. The van der Waals surface area contributed by atoms with E-state index in [4.69, 9.17) is 14.2 Å². The second-order valence-electron chi connectivity index (χ2n) is 15.3. The summed E-state index contributed by atoms with van der Waals surface area (Å²) < 4.78 is 16.6. The molecule has 0 radical (unpaired) electrons. The molecule has 0 saturated heterocycles. The molecule has 0 amide bonds. The van der Waals surface area contributed by atoms with Gasteiger partial charge in [-0.1, -0.05) is 247 Å². The Kier molecular flexibility index (Phi) is 47.4. The zero-order valence-electron chi connectivity index (χ0n) is 40.9. The van der Waals surface area contributed by atoms with E-state index in [0.717, 1.165) is 83.5 Å². The van der Waals surface area contributed by atoms with Crippen molar-refractivity contribution in [2.75, 3.05) is 13.2 Å². The topological polar surface area (TPSA) is 78.9 Å². The van der Waals surface area contributed by atoms with E-state index in [9.17, 15) is 14.4 Å². The van der Waals surface area contributed by atoms with Gasteiger partial charge in [0.2, 0.25) is 0 Å². The number of carbonyl (C=O) groups is 3. The van der Waals surface area contributed by atoms with Crippen LogP contribution in [0, 0.1) is 0 Å². The highest BCUT2D eigenvalue weighted by Crippen LogP contribution is 2.11. The zero-order chi connectivity index (χ0) is 47.9. The van der Waals surface area contributed by atoms with Crippen LogP contribution in [-0.2, 0) is 28.6 Å². The van der Waals surface area contributed by atoms with Crippen molar-refractivity contribution < 1.29 is 28.6 Å². The Morgan fingerprint density at radius 3 is 1.00 bits per heavy atom. The number of hydrogen-bond acceptors (Lipinski definition) is 6. The van der Waals surface area contributed by atoms with Gasteiger partial charge in [0.05, 0.1) is 0 Å². The highest BCUT2D eigenvalue weighted by Gasteiger charge is 2.19. The molecule has 1 unspecified atom stereocenters. The first-order valence-corrected chi connectivity index (χ1v) is 24.7. The quantitative estimate of drug-likeness (QED) is 0.0264. The lowest BCUT2D eigenvalue weighted by molar-refractivity contribution is -0.167. The first kappa shape index (κ1) is 60.2. The van der Waals surface area contributed by atoms with Crippen LogP contribution in [0.25, 0.3) is 0 Å². The SMILES string of the molecule is CC\C=C/C=C\C=C/C=C\C=C/CCCC(=O)OCC(COC(=O)CCCCCCC\C=C/C=C\C=C/C=C\C=C/CCC)OC(=O)CCCCC\C=C/C=C/C=C\C=C/C=C\C=C/CC. The number of carbonyl (C=O) groups excluding carboxylic acids is 3. The standard InChI is InChI=1S/C60H84O6/c1-4-7-10-13-16-19-22-25-27-29-31-32-35-38-41-44-47-50-53-59(62)65-56-57(55-64-58(61)52-49-46-43-40-37-34-24-21-18-15-12-9-6-3)66-60(63)54-51-48-45-42-39-36-33-30-28-26-23-20-17-14-11-8-5-2/h8-34,36-37,39-40,43,57H,4-7,35,38,41-42,44-56H2,1-3H3/b11-8-,12-9-,13-10-,17-14-,18-15-,19-16-,23-20-,24-21-,25-22-,28-26-,29-27-,32-31-,33-30+,37-34-,39-36-,43-40-. The van der Waals surface area contributed by atoms with Gasteiger partial charge in [-0.3, -0.25) is 14.4 Å². The van der Waals surface area contributed by atoms with E-state index in [-0.39, 0.29) is 38.0 Å². The van der Waals surface area contributed by atoms with Crippen LogP contribution in [0.1, 0.15) is 143 Å². The maximum absolute atomic E-state index is 12.8. The fourth-order valence-electron chi connectivity index (χ4n) is 5.59. The van der Waals surface area contributed by atoms with Crippen LogP contribution in [0.2, 0.25) is 0 Å². The minimum atomic E-state index is -0.854. The predicted octanol–water partition coefficient (Wildman–Crippen LogP) is 16.4. The largest absolute Gasteiger partial charge is 0.462 e. The molecule has 0 aromatic carbocycles. The summed E-state index contributed by atoms with van der Waals surface area (Å²) in [5.74, 6) is -1.11. The Bertz CT molecular complexity index is 1690. The Morgan fingerprint density at radius 1 is 0.318 bits per heavy atom. The van der Waals surface area contributed by atoms with E-state index in [2.05, 4.69) is 63.3 Å². The van der Waals surface area contributed by atoms with Gasteiger partial charge in [-0.25, -0.2) is 0 Å². The summed E-state index contributed by atoms with van der Waals surface area (Å²) in [5, 5.41) is 0. The predicted molar refractivity (Wildman–Crippen MR) is 283 cm³/mol. The maximum atomic E-state index is 12.8. The highest BCUT2D eigenvalue weighted by molar-refractivity contribution is 5.71. The van der Waals surface area contributed by atoms with Gasteiger partial charge in [-0.2, -0.15) is 0 Å². The average molecular weight is 901 g/mol. The summed E-state index contributed by atoms with van der Waals surface area (Å²) in [6, 6.07) is 0. The number of hydrogen-bond donors (Lipinski definition) is 0. The number of allylic oxidation sites excluding steroid dienone is 32. The molecule has 0 aliphatic carbocycles. The lowest BCUT2D eigenvalue weighted by Gasteiger charge is -2.18. The molecule has 0 heterocycles. The molecule has 1 atom stereocenters. The summed E-state index contributed by atoms with van der Waals surface area (Å²) in [4.78, 5) is 37.9. The molecule has 0 aromatic rings. The molecular formula is C60H84O6. The Morgan fingerprint density at radius 2 is 0.606 bits per heavy atom. The minimum Gasteiger partial charge on any atom is -0.462 e. The summed E-state index contributed by atoms with van der Waals surface area (Å²) in [6.07, 6.45) is 79.8. The second-order valence-corrected chi connectivity index (χ2v) is 15.3. The van der Waals surface area contributed by atoms with Crippen LogP contribution in [-0.4, -0.2) is 37.2 Å². The second kappa shape index (κ2) is 51.9. The first-order chi connectivity index (χ1) is 32.5. The van der Waals surface area contributed by atoms with E-state index in [1.54, 1.807) is 0 Å². The van der Waals surface area contributed by atoms with Gasteiger partial charge in [0.1, 0.15) is 13.2 Å². The average Bonchev–Trinajstić information content (AvgIpc) is 3.31. The van der Waals surface area contributed by atoms with E-state index in [1.165, 1.54) is 6.42 Å². The molecule has 6 heteroatoms. The molecule has 0 N–H and O–H groups in total. The van der Waals surface area contributed by atoms with Crippen LogP contribution < -0.4 is 0 Å². The highest BCUT2D eigenvalue weighted by atomic mass is 16.6. The molecule has 0 aromatic heterocycles.